The average Bonchev–Trinajstić information content (AvgIpc) is 3.23. The van der Waals surface area contributed by atoms with Gasteiger partial charge in [0.25, 0.3) is 5.91 Å². The molecule has 0 aromatic heterocycles. The summed E-state index contributed by atoms with van der Waals surface area (Å²) in [5.41, 5.74) is 1.01. The zero-order valence-electron chi connectivity index (χ0n) is 15.1. The van der Waals surface area contributed by atoms with E-state index in [-0.39, 0.29) is 29.0 Å². The first-order valence-corrected chi connectivity index (χ1v) is 10.6. The quantitative estimate of drug-likeness (QED) is 0.679. The highest BCUT2D eigenvalue weighted by Crippen LogP contribution is 2.22. The van der Waals surface area contributed by atoms with E-state index in [9.17, 15) is 22.8 Å². The number of carbonyl (C=O) groups excluding carboxylic acids is 3. The summed E-state index contributed by atoms with van der Waals surface area (Å²) in [6.45, 7) is 0.221. The number of anilines is 1. The molecule has 146 valence electrons. The molecule has 2 aliphatic rings. The van der Waals surface area contributed by atoms with E-state index in [0.29, 0.717) is 19.4 Å². The summed E-state index contributed by atoms with van der Waals surface area (Å²) in [5, 5.41) is 0. The Balaban J connectivity index is 1.53. The van der Waals surface area contributed by atoms with Gasteiger partial charge in [-0.25, -0.2) is 13.2 Å². The fourth-order valence-corrected chi connectivity index (χ4v) is 5.07. The number of esters is 1. The normalized spacial score (nSPS) is 21.3. The number of carbonyl (C=O) groups is 3. The number of hydrogen-bond acceptors (Lipinski definition) is 6. The molecule has 0 unspecified atom stereocenters. The highest BCUT2D eigenvalue weighted by atomic mass is 32.2. The van der Waals surface area contributed by atoms with E-state index >= 15 is 0 Å². The van der Waals surface area contributed by atoms with Crippen molar-refractivity contribution in [3.63, 3.8) is 0 Å². The van der Waals surface area contributed by atoms with Gasteiger partial charge in [0.05, 0.1) is 17.1 Å². The second kappa shape index (κ2) is 7.67. The third-order valence-corrected chi connectivity index (χ3v) is 6.71. The van der Waals surface area contributed by atoms with E-state index in [1.807, 2.05) is 0 Å². The Morgan fingerprint density at radius 3 is 2.52 bits per heavy atom. The van der Waals surface area contributed by atoms with Crippen molar-refractivity contribution >= 4 is 33.3 Å². The van der Waals surface area contributed by atoms with Crippen LogP contribution in [-0.2, 0) is 24.2 Å². The summed E-state index contributed by atoms with van der Waals surface area (Å²) in [4.78, 5) is 39.0. The topological polar surface area (TPSA) is 101 Å². The zero-order valence-corrected chi connectivity index (χ0v) is 15.9. The maximum absolute atomic E-state index is 12.2. The van der Waals surface area contributed by atoms with Crippen molar-refractivity contribution < 1.29 is 27.5 Å². The van der Waals surface area contributed by atoms with Gasteiger partial charge in [-0.1, -0.05) is 0 Å². The monoisotopic (exact) mass is 394 g/mol. The molecule has 2 heterocycles. The minimum absolute atomic E-state index is 0.0557. The molecule has 0 radical (unpaired) electrons. The van der Waals surface area contributed by atoms with E-state index in [1.165, 1.54) is 11.9 Å². The van der Waals surface area contributed by atoms with Crippen molar-refractivity contribution in [2.45, 2.75) is 25.3 Å². The predicted octanol–water partition coefficient (Wildman–Crippen LogP) is 0.616. The third kappa shape index (κ3) is 4.47. The van der Waals surface area contributed by atoms with Crippen LogP contribution >= 0.6 is 0 Å². The Hall–Kier alpha value is -2.42. The molecule has 0 N–H and O–H groups in total. The minimum atomic E-state index is -3.09. The Bertz CT molecular complexity index is 849. The maximum Gasteiger partial charge on any atom is 0.338 e. The van der Waals surface area contributed by atoms with Crippen molar-refractivity contribution in [3.8, 4) is 0 Å². The summed E-state index contributed by atoms with van der Waals surface area (Å²) in [6.07, 6.45) is 1.75. The molecule has 2 fully saturated rings. The lowest BCUT2D eigenvalue weighted by molar-refractivity contribution is -0.134. The number of benzene rings is 1. The van der Waals surface area contributed by atoms with Crippen LogP contribution in [0.5, 0.6) is 0 Å². The van der Waals surface area contributed by atoms with Crippen molar-refractivity contribution in [1.82, 2.24) is 4.90 Å². The molecule has 2 amide bonds. The van der Waals surface area contributed by atoms with E-state index in [0.717, 1.165) is 12.1 Å². The number of sulfone groups is 1. The van der Waals surface area contributed by atoms with Gasteiger partial charge >= 0.3 is 5.97 Å². The summed E-state index contributed by atoms with van der Waals surface area (Å²) in [5.74, 6) is -1.01. The lowest BCUT2D eigenvalue weighted by Crippen LogP contribution is -2.40. The number of rotatable bonds is 5. The molecule has 0 aliphatic carbocycles. The largest absolute Gasteiger partial charge is 0.452 e. The Kier molecular flexibility index (Phi) is 5.50. The fourth-order valence-electron chi connectivity index (χ4n) is 3.30. The first kappa shape index (κ1) is 19.3. The molecule has 0 bridgehead atoms. The van der Waals surface area contributed by atoms with Crippen LogP contribution in [0.1, 0.15) is 29.6 Å². The molecule has 0 saturated carbocycles. The number of nitrogens with zero attached hydrogens (tertiary/aromatic N) is 2. The van der Waals surface area contributed by atoms with Crippen LogP contribution in [0.25, 0.3) is 0 Å². The van der Waals surface area contributed by atoms with E-state index in [1.54, 1.807) is 29.2 Å². The second-order valence-corrected chi connectivity index (χ2v) is 9.06. The van der Waals surface area contributed by atoms with Crippen LogP contribution in [0.3, 0.4) is 0 Å². The molecular weight excluding hydrogens is 372 g/mol. The predicted molar refractivity (Wildman–Crippen MR) is 98.1 cm³/mol. The average molecular weight is 394 g/mol. The molecule has 3 rings (SSSR count). The molecule has 1 aromatic carbocycles. The SMILES string of the molecule is CN(C(=O)COC(=O)c1ccc(N2CCCC2=O)cc1)[C@@H]1CCS(=O)(=O)C1. The van der Waals surface area contributed by atoms with Crippen LogP contribution in [0.15, 0.2) is 24.3 Å². The molecule has 1 atom stereocenters. The van der Waals surface area contributed by atoms with Gasteiger partial charge in [-0.2, -0.15) is 0 Å². The summed E-state index contributed by atoms with van der Waals surface area (Å²) in [7, 11) is -1.58. The zero-order chi connectivity index (χ0) is 19.6. The van der Waals surface area contributed by atoms with Gasteiger partial charge < -0.3 is 14.5 Å². The molecule has 27 heavy (non-hydrogen) atoms. The third-order valence-electron chi connectivity index (χ3n) is 4.96. The van der Waals surface area contributed by atoms with Gasteiger partial charge in [0.1, 0.15) is 0 Å². The molecule has 2 saturated heterocycles. The molecule has 1 aromatic rings. The van der Waals surface area contributed by atoms with Gasteiger partial charge in [-0.05, 0) is 37.1 Å². The smallest absolute Gasteiger partial charge is 0.338 e. The minimum Gasteiger partial charge on any atom is -0.452 e. The van der Waals surface area contributed by atoms with Crippen LogP contribution in [0.4, 0.5) is 5.69 Å². The Morgan fingerprint density at radius 1 is 1.26 bits per heavy atom. The Labute approximate surface area is 158 Å². The standard InChI is InChI=1S/C18H22N2O6S/c1-19(15-8-10-27(24,25)12-15)17(22)11-26-18(23)13-4-6-14(7-5-13)20-9-2-3-16(20)21/h4-7,15H,2-3,8-12H2,1H3/t15-/m1/s1. The van der Waals surface area contributed by atoms with E-state index in [2.05, 4.69) is 0 Å². The molecule has 0 spiro atoms. The van der Waals surface area contributed by atoms with E-state index < -0.39 is 28.3 Å². The van der Waals surface area contributed by atoms with Crippen LogP contribution in [0, 0.1) is 0 Å². The molecular formula is C18H22N2O6S. The number of ether oxygens (including phenoxy) is 1. The first-order valence-electron chi connectivity index (χ1n) is 8.80. The molecule has 2 aliphatic heterocycles. The van der Waals surface area contributed by atoms with Gasteiger partial charge in [0.2, 0.25) is 5.91 Å². The number of amides is 2. The Morgan fingerprint density at radius 2 is 1.96 bits per heavy atom. The lowest BCUT2D eigenvalue weighted by atomic mass is 10.2. The summed E-state index contributed by atoms with van der Waals surface area (Å²) >= 11 is 0. The number of likely N-dealkylation sites (N-methyl/N-ethyl adjacent to an activating group) is 1. The van der Waals surface area contributed by atoms with Crippen LogP contribution in [-0.4, -0.2) is 68.8 Å². The highest BCUT2D eigenvalue weighted by Gasteiger charge is 2.33. The second-order valence-electron chi connectivity index (χ2n) is 6.83. The van der Waals surface area contributed by atoms with Gasteiger partial charge in [0.15, 0.2) is 16.4 Å². The van der Waals surface area contributed by atoms with Crippen LogP contribution < -0.4 is 4.90 Å². The molecule has 9 heteroatoms. The maximum atomic E-state index is 12.2. The van der Waals surface area contributed by atoms with E-state index in [4.69, 9.17) is 4.74 Å². The van der Waals surface area contributed by atoms with Crippen LogP contribution in [0.2, 0.25) is 0 Å². The van der Waals surface area contributed by atoms with Crippen molar-refractivity contribution in [2.75, 3.05) is 36.6 Å². The van der Waals surface area contributed by atoms with Crippen molar-refractivity contribution in [3.05, 3.63) is 29.8 Å². The summed E-state index contributed by atoms with van der Waals surface area (Å²) < 4.78 is 28.1. The summed E-state index contributed by atoms with van der Waals surface area (Å²) in [6, 6.07) is 6.09. The fraction of sp³-hybridized carbons (Fsp3) is 0.500. The van der Waals surface area contributed by atoms with Crippen molar-refractivity contribution in [2.24, 2.45) is 0 Å². The first-order chi connectivity index (χ1) is 12.8. The highest BCUT2D eigenvalue weighted by molar-refractivity contribution is 7.91. The lowest BCUT2D eigenvalue weighted by Gasteiger charge is -2.23. The number of hydrogen-bond donors (Lipinski definition) is 0. The van der Waals surface area contributed by atoms with Crippen molar-refractivity contribution in [1.29, 1.82) is 0 Å². The van der Waals surface area contributed by atoms with Gasteiger partial charge in [-0.15, -0.1) is 0 Å². The molecule has 8 nitrogen and oxygen atoms in total. The van der Waals surface area contributed by atoms with Gasteiger partial charge in [-0.3, -0.25) is 9.59 Å². The van der Waals surface area contributed by atoms with Gasteiger partial charge in [0, 0.05) is 31.7 Å².